The van der Waals surface area contributed by atoms with Crippen LogP contribution in [0.4, 0.5) is 0 Å². The van der Waals surface area contributed by atoms with Gasteiger partial charge in [-0.2, -0.15) is 0 Å². The highest BCUT2D eigenvalue weighted by Crippen LogP contribution is 2.65. The number of carbonyl (C=O) groups excluding carboxylic acids is 2. The van der Waals surface area contributed by atoms with E-state index >= 15 is 0 Å². The van der Waals surface area contributed by atoms with Gasteiger partial charge in [-0.1, -0.05) is 47.5 Å². The lowest BCUT2D eigenvalue weighted by atomic mass is 9.43. The van der Waals surface area contributed by atoms with E-state index in [4.69, 9.17) is 9.31 Å². The van der Waals surface area contributed by atoms with Gasteiger partial charge in [0.05, 0.1) is 29.7 Å². The quantitative estimate of drug-likeness (QED) is 0.333. The third-order valence-corrected chi connectivity index (χ3v) is 8.78. The molecule has 4 aliphatic rings. The standard InChI is InChI=1S/C26H46BNO5/c1-8-9-10-11-19(30)15-20(17(4)29)24(31)28-23(12-16(2)3)27-32-22-14-18-13-21(25(18,5)6)26(22,7)33-27/h16-18,20-23,29H,8-15H2,1-7H3,(H,28,31)/t17-,18-,20+,21-,22-,23+,26+/m1/s1. The molecule has 1 heterocycles. The van der Waals surface area contributed by atoms with E-state index in [0.29, 0.717) is 30.6 Å². The Balaban J connectivity index is 1.67. The molecule has 0 unspecified atom stereocenters. The Morgan fingerprint density at radius 3 is 2.42 bits per heavy atom. The Morgan fingerprint density at radius 2 is 1.85 bits per heavy atom. The first-order valence-corrected chi connectivity index (χ1v) is 13.2. The van der Waals surface area contributed by atoms with Crippen LogP contribution < -0.4 is 5.32 Å². The number of ketones is 1. The number of nitrogens with one attached hydrogen (secondary N) is 1. The van der Waals surface area contributed by atoms with Gasteiger partial charge in [0.1, 0.15) is 5.78 Å². The highest BCUT2D eigenvalue weighted by molar-refractivity contribution is 6.47. The van der Waals surface area contributed by atoms with Crippen molar-refractivity contribution in [1.82, 2.24) is 5.32 Å². The maximum atomic E-state index is 13.2. The fourth-order valence-corrected chi connectivity index (χ4v) is 6.51. The van der Waals surface area contributed by atoms with Gasteiger partial charge >= 0.3 is 7.12 Å². The average molecular weight is 463 g/mol. The summed E-state index contributed by atoms with van der Waals surface area (Å²) in [6, 6.07) is 0. The SMILES string of the molecule is CCCCCC(=O)C[C@H](C(=O)N[C@@H](CC(C)C)B1O[C@@H]2C[C@H]3C[C@H](C3(C)C)[C@]2(C)O1)[C@@H](C)O. The van der Waals surface area contributed by atoms with E-state index in [1.165, 1.54) is 6.42 Å². The largest absolute Gasteiger partial charge is 0.481 e. The fourth-order valence-electron chi connectivity index (χ4n) is 6.51. The Morgan fingerprint density at radius 1 is 1.15 bits per heavy atom. The topological polar surface area (TPSA) is 84.9 Å². The zero-order valence-electron chi connectivity index (χ0n) is 21.9. The summed E-state index contributed by atoms with van der Waals surface area (Å²) in [4.78, 5) is 25.7. The number of amides is 1. The summed E-state index contributed by atoms with van der Waals surface area (Å²) >= 11 is 0. The summed E-state index contributed by atoms with van der Waals surface area (Å²) in [7, 11) is -0.503. The monoisotopic (exact) mass is 463 g/mol. The van der Waals surface area contributed by atoms with Crippen LogP contribution >= 0.6 is 0 Å². The van der Waals surface area contributed by atoms with E-state index in [2.05, 4.69) is 46.9 Å². The predicted molar refractivity (Wildman–Crippen MR) is 130 cm³/mol. The van der Waals surface area contributed by atoms with Crippen molar-refractivity contribution in [3.63, 3.8) is 0 Å². The minimum Gasteiger partial charge on any atom is -0.404 e. The van der Waals surface area contributed by atoms with Crippen molar-refractivity contribution < 1.29 is 24.0 Å². The van der Waals surface area contributed by atoms with E-state index in [9.17, 15) is 14.7 Å². The minimum atomic E-state index is -0.890. The molecule has 0 aromatic heterocycles. The van der Waals surface area contributed by atoms with Gasteiger partial charge < -0.3 is 19.7 Å². The third kappa shape index (κ3) is 5.51. The first kappa shape index (κ1) is 26.7. The number of rotatable bonds is 12. The molecule has 2 N–H and O–H groups in total. The lowest BCUT2D eigenvalue weighted by Crippen LogP contribution is -2.65. The smallest absolute Gasteiger partial charge is 0.404 e. The van der Waals surface area contributed by atoms with Crippen LogP contribution in [0.25, 0.3) is 0 Å². The number of aliphatic hydroxyl groups is 1. The second-order valence-corrected chi connectivity index (χ2v) is 12.1. The molecule has 188 valence electrons. The highest BCUT2D eigenvalue weighted by atomic mass is 16.7. The number of hydrogen-bond acceptors (Lipinski definition) is 5. The molecular formula is C26H46BNO5. The number of hydrogen-bond donors (Lipinski definition) is 2. The van der Waals surface area contributed by atoms with Gasteiger partial charge in [0.15, 0.2) is 0 Å². The highest BCUT2D eigenvalue weighted by Gasteiger charge is 2.68. The third-order valence-electron chi connectivity index (χ3n) is 8.78. The number of aliphatic hydroxyl groups excluding tert-OH is 1. The summed E-state index contributed by atoms with van der Waals surface area (Å²) in [6.45, 7) is 14.8. The molecule has 7 atom stereocenters. The van der Waals surface area contributed by atoms with Crippen molar-refractivity contribution in [3.05, 3.63) is 0 Å². The first-order chi connectivity index (χ1) is 15.4. The summed E-state index contributed by atoms with van der Waals surface area (Å²) in [5, 5.41) is 13.4. The molecule has 4 rings (SSSR count). The van der Waals surface area contributed by atoms with E-state index in [1.54, 1.807) is 6.92 Å². The molecule has 1 aliphatic heterocycles. The Hall–Kier alpha value is -0.915. The molecular weight excluding hydrogens is 417 g/mol. The Labute approximate surface area is 201 Å². The van der Waals surface area contributed by atoms with Gasteiger partial charge in [-0.25, -0.2) is 0 Å². The fraction of sp³-hybridized carbons (Fsp3) is 0.923. The van der Waals surface area contributed by atoms with Crippen LogP contribution in [0.5, 0.6) is 0 Å². The molecule has 0 radical (unpaired) electrons. The molecule has 0 aromatic rings. The minimum absolute atomic E-state index is 0.0406. The van der Waals surface area contributed by atoms with Crippen LogP contribution in [0.1, 0.15) is 99.8 Å². The second-order valence-electron chi connectivity index (χ2n) is 12.1. The summed E-state index contributed by atoms with van der Waals surface area (Å²) in [5.41, 5.74) is -0.0718. The molecule has 3 saturated carbocycles. The summed E-state index contributed by atoms with van der Waals surface area (Å²) in [5.74, 6) is 0.162. The number of carbonyl (C=O) groups is 2. The van der Waals surface area contributed by atoms with Crippen LogP contribution in [0.15, 0.2) is 0 Å². The van der Waals surface area contributed by atoms with Crippen molar-refractivity contribution in [2.75, 3.05) is 0 Å². The molecule has 0 aromatic carbocycles. The van der Waals surface area contributed by atoms with Crippen molar-refractivity contribution in [1.29, 1.82) is 0 Å². The maximum Gasteiger partial charge on any atom is 0.481 e. The number of Topliss-reactive ketones (excluding diaryl/α,β-unsaturated/α-hetero) is 1. The molecule has 7 heteroatoms. The van der Waals surface area contributed by atoms with Crippen LogP contribution in [-0.4, -0.2) is 47.7 Å². The second kappa shape index (κ2) is 10.4. The molecule has 4 fully saturated rings. The lowest BCUT2D eigenvalue weighted by molar-refractivity contribution is -0.199. The molecule has 3 aliphatic carbocycles. The van der Waals surface area contributed by atoms with Crippen LogP contribution in [0.3, 0.4) is 0 Å². The summed E-state index contributed by atoms with van der Waals surface area (Å²) in [6.07, 6.45) is 5.49. The van der Waals surface area contributed by atoms with Gasteiger partial charge in [-0.05, 0) is 62.7 Å². The zero-order chi connectivity index (χ0) is 24.6. The molecule has 33 heavy (non-hydrogen) atoms. The van der Waals surface area contributed by atoms with Crippen molar-refractivity contribution in [2.45, 2.75) is 124 Å². The van der Waals surface area contributed by atoms with Crippen LogP contribution in [0.2, 0.25) is 0 Å². The van der Waals surface area contributed by atoms with Crippen molar-refractivity contribution >= 4 is 18.8 Å². The Kier molecular flexibility index (Phi) is 8.39. The van der Waals surface area contributed by atoms with E-state index < -0.39 is 19.1 Å². The first-order valence-electron chi connectivity index (χ1n) is 13.2. The Bertz CT molecular complexity index is 711. The van der Waals surface area contributed by atoms with Crippen LogP contribution in [-0.2, 0) is 18.9 Å². The normalized spacial score (nSPS) is 32.6. The van der Waals surface area contributed by atoms with Crippen molar-refractivity contribution in [2.24, 2.45) is 29.1 Å². The van der Waals surface area contributed by atoms with Gasteiger partial charge in [0.25, 0.3) is 0 Å². The van der Waals surface area contributed by atoms with E-state index in [0.717, 1.165) is 25.7 Å². The van der Waals surface area contributed by atoms with Gasteiger partial charge in [-0.15, -0.1) is 0 Å². The summed E-state index contributed by atoms with van der Waals surface area (Å²) < 4.78 is 13.1. The lowest BCUT2D eigenvalue weighted by Gasteiger charge is -2.64. The maximum absolute atomic E-state index is 13.2. The predicted octanol–water partition coefficient (Wildman–Crippen LogP) is 4.32. The van der Waals surface area contributed by atoms with Gasteiger partial charge in [0.2, 0.25) is 5.91 Å². The zero-order valence-corrected chi connectivity index (χ0v) is 21.9. The average Bonchev–Trinajstić information content (AvgIpc) is 3.08. The molecule has 0 spiro atoms. The molecule has 1 saturated heterocycles. The molecule has 2 bridgehead atoms. The van der Waals surface area contributed by atoms with Gasteiger partial charge in [0, 0.05) is 12.8 Å². The van der Waals surface area contributed by atoms with E-state index in [1.807, 2.05) is 0 Å². The molecule has 6 nitrogen and oxygen atoms in total. The van der Waals surface area contributed by atoms with Crippen molar-refractivity contribution in [3.8, 4) is 0 Å². The number of unbranched alkanes of at least 4 members (excludes halogenated alkanes) is 2. The molecule has 1 amide bonds. The van der Waals surface area contributed by atoms with Gasteiger partial charge in [-0.3, -0.25) is 9.59 Å². The van der Waals surface area contributed by atoms with Crippen LogP contribution in [0, 0.1) is 29.1 Å². The van der Waals surface area contributed by atoms with E-state index in [-0.39, 0.29) is 41.2 Å².